The average molecular weight is 270 g/mol. The van der Waals surface area contributed by atoms with Crippen molar-refractivity contribution < 1.29 is 9.90 Å². The first-order valence-electron chi connectivity index (χ1n) is 7.46. The average Bonchev–Trinajstić information content (AvgIpc) is 2.35. The molecule has 0 spiro atoms. The van der Waals surface area contributed by atoms with Gasteiger partial charge in [0.2, 0.25) is 0 Å². The van der Waals surface area contributed by atoms with Gasteiger partial charge in [0.25, 0.3) is 0 Å². The quantitative estimate of drug-likeness (QED) is 0.832. The molecule has 4 nitrogen and oxygen atoms in total. The topological polar surface area (TPSA) is 43.8 Å². The first-order chi connectivity index (χ1) is 8.75. The summed E-state index contributed by atoms with van der Waals surface area (Å²) in [6.45, 7) is 15.4. The molecule has 112 valence electrons. The molecule has 4 heteroatoms. The molecule has 0 radical (unpaired) electrons. The molecule has 1 saturated heterocycles. The van der Waals surface area contributed by atoms with E-state index >= 15 is 0 Å². The molecule has 0 aromatic carbocycles. The van der Waals surface area contributed by atoms with Gasteiger partial charge in [0.1, 0.15) is 0 Å². The van der Waals surface area contributed by atoms with Crippen LogP contribution in [0.3, 0.4) is 0 Å². The summed E-state index contributed by atoms with van der Waals surface area (Å²) in [5.41, 5.74) is -0.352. The van der Waals surface area contributed by atoms with Crippen LogP contribution in [0.15, 0.2) is 0 Å². The molecule has 0 unspecified atom stereocenters. The number of carboxylic acid groups (broad SMARTS) is 1. The number of nitrogens with zero attached hydrogens (tertiary/aromatic N) is 2. The number of carboxylic acids is 1. The van der Waals surface area contributed by atoms with Gasteiger partial charge < -0.3 is 5.11 Å². The fraction of sp³-hybridized carbons (Fsp3) is 0.933. The molecule has 0 atom stereocenters. The summed E-state index contributed by atoms with van der Waals surface area (Å²) in [5.74, 6) is -0.643. The summed E-state index contributed by atoms with van der Waals surface area (Å²) < 4.78 is 0. The summed E-state index contributed by atoms with van der Waals surface area (Å²) in [4.78, 5) is 16.3. The third-order valence-electron chi connectivity index (χ3n) is 4.65. The normalized spacial score (nSPS) is 19.6. The predicted octanol–water partition coefficient (Wildman–Crippen LogP) is 2.29. The molecule has 1 fully saturated rings. The Morgan fingerprint density at radius 2 is 1.53 bits per heavy atom. The van der Waals surface area contributed by atoms with Crippen molar-refractivity contribution in [2.75, 3.05) is 32.7 Å². The van der Waals surface area contributed by atoms with Crippen LogP contribution in [0, 0.1) is 5.41 Å². The van der Waals surface area contributed by atoms with E-state index in [1.54, 1.807) is 0 Å². The highest BCUT2D eigenvalue weighted by atomic mass is 16.4. The molecule has 1 aliphatic rings. The Kier molecular flexibility index (Phi) is 5.39. The van der Waals surface area contributed by atoms with Gasteiger partial charge >= 0.3 is 5.97 Å². The van der Waals surface area contributed by atoms with Gasteiger partial charge in [-0.2, -0.15) is 0 Å². The second kappa shape index (κ2) is 6.23. The second-order valence-corrected chi connectivity index (χ2v) is 6.73. The number of hydrogen-bond donors (Lipinski definition) is 1. The van der Waals surface area contributed by atoms with E-state index < -0.39 is 11.4 Å². The van der Waals surface area contributed by atoms with Crippen molar-refractivity contribution in [2.45, 2.75) is 53.0 Å². The minimum atomic E-state index is -0.643. The number of piperazine rings is 1. The van der Waals surface area contributed by atoms with Crippen LogP contribution in [-0.2, 0) is 4.79 Å². The lowest BCUT2D eigenvalue weighted by Crippen LogP contribution is -2.55. The van der Waals surface area contributed by atoms with Gasteiger partial charge in [0.15, 0.2) is 0 Å². The summed E-state index contributed by atoms with van der Waals surface area (Å²) in [7, 11) is 0. The van der Waals surface area contributed by atoms with E-state index in [9.17, 15) is 9.90 Å². The van der Waals surface area contributed by atoms with Gasteiger partial charge in [-0.1, -0.05) is 13.8 Å². The van der Waals surface area contributed by atoms with Crippen LogP contribution < -0.4 is 0 Å². The molecular weight excluding hydrogens is 240 g/mol. The van der Waals surface area contributed by atoms with Crippen LogP contribution >= 0.6 is 0 Å². The zero-order valence-electron chi connectivity index (χ0n) is 13.2. The molecule has 1 aliphatic heterocycles. The fourth-order valence-corrected chi connectivity index (χ4v) is 2.85. The summed E-state index contributed by atoms with van der Waals surface area (Å²) in [5, 5.41) is 9.50. The van der Waals surface area contributed by atoms with Crippen molar-refractivity contribution in [3.63, 3.8) is 0 Å². The van der Waals surface area contributed by atoms with E-state index in [-0.39, 0.29) is 5.54 Å². The van der Waals surface area contributed by atoms with E-state index in [1.807, 2.05) is 13.8 Å². The largest absolute Gasteiger partial charge is 0.481 e. The van der Waals surface area contributed by atoms with Gasteiger partial charge in [-0.05, 0) is 33.6 Å². The van der Waals surface area contributed by atoms with Crippen molar-refractivity contribution in [1.29, 1.82) is 0 Å². The summed E-state index contributed by atoms with van der Waals surface area (Å²) >= 11 is 0. The maximum atomic E-state index is 11.5. The lowest BCUT2D eigenvalue weighted by atomic mass is 9.81. The third-order valence-corrected chi connectivity index (χ3v) is 4.65. The summed E-state index contributed by atoms with van der Waals surface area (Å²) in [6, 6.07) is 0. The number of aliphatic carboxylic acids is 1. The molecule has 19 heavy (non-hydrogen) atoms. The summed E-state index contributed by atoms with van der Waals surface area (Å²) in [6.07, 6.45) is 1.41. The van der Waals surface area contributed by atoms with E-state index in [0.29, 0.717) is 19.4 Å². The maximum Gasteiger partial charge on any atom is 0.310 e. The highest BCUT2D eigenvalue weighted by Crippen LogP contribution is 2.29. The van der Waals surface area contributed by atoms with Gasteiger partial charge in [0, 0.05) is 38.3 Å². The monoisotopic (exact) mass is 270 g/mol. The van der Waals surface area contributed by atoms with E-state index in [4.69, 9.17) is 0 Å². The molecule has 0 aromatic heterocycles. The number of rotatable bonds is 5. The molecule has 0 amide bonds. The maximum absolute atomic E-state index is 11.5. The molecular formula is C15H30N2O2. The lowest BCUT2D eigenvalue weighted by molar-refractivity contribution is -0.151. The highest BCUT2D eigenvalue weighted by molar-refractivity contribution is 5.74. The Labute approximate surface area is 117 Å². The van der Waals surface area contributed by atoms with Crippen molar-refractivity contribution >= 4 is 5.97 Å². The van der Waals surface area contributed by atoms with Crippen molar-refractivity contribution in [3.8, 4) is 0 Å². The van der Waals surface area contributed by atoms with Crippen LogP contribution in [0.4, 0.5) is 0 Å². The Hall–Kier alpha value is -0.610. The van der Waals surface area contributed by atoms with E-state index in [2.05, 4.69) is 30.6 Å². The van der Waals surface area contributed by atoms with Gasteiger partial charge in [-0.3, -0.25) is 14.6 Å². The van der Waals surface area contributed by atoms with E-state index in [0.717, 1.165) is 26.2 Å². The molecule has 1 heterocycles. The first kappa shape index (κ1) is 16.4. The first-order valence-corrected chi connectivity index (χ1v) is 7.46. The Bertz CT molecular complexity index is 298. The van der Waals surface area contributed by atoms with Gasteiger partial charge in [-0.15, -0.1) is 0 Å². The minimum Gasteiger partial charge on any atom is -0.481 e. The van der Waals surface area contributed by atoms with Crippen molar-refractivity contribution in [2.24, 2.45) is 5.41 Å². The molecule has 1 rings (SSSR count). The predicted molar refractivity (Wildman–Crippen MR) is 78.4 cm³/mol. The highest BCUT2D eigenvalue weighted by Gasteiger charge is 2.37. The Morgan fingerprint density at radius 3 is 1.84 bits per heavy atom. The molecule has 0 aromatic rings. The standard InChI is InChI=1S/C15H30N2O2/c1-6-15(7-2,13(18)19)12-16-8-10-17(11-9-16)14(3,4)5/h6-12H2,1-5H3,(H,18,19). The second-order valence-electron chi connectivity index (χ2n) is 6.73. The van der Waals surface area contributed by atoms with Gasteiger partial charge in [-0.25, -0.2) is 0 Å². The zero-order valence-corrected chi connectivity index (χ0v) is 13.2. The number of carbonyl (C=O) groups is 1. The number of hydrogen-bond acceptors (Lipinski definition) is 3. The van der Waals surface area contributed by atoms with Crippen LogP contribution in [0.25, 0.3) is 0 Å². The smallest absolute Gasteiger partial charge is 0.310 e. The third kappa shape index (κ3) is 3.93. The van der Waals surface area contributed by atoms with Crippen molar-refractivity contribution in [1.82, 2.24) is 9.80 Å². The Balaban J connectivity index is 2.59. The lowest BCUT2D eigenvalue weighted by Gasteiger charge is -2.44. The molecule has 0 saturated carbocycles. The van der Waals surface area contributed by atoms with Crippen LogP contribution in [0.5, 0.6) is 0 Å². The van der Waals surface area contributed by atoms with E-state index in [1.165, 1.54) is 0 Å². The molecule has 0 bridgehead atoms. The molecule has 1 N–H and O–H groups in total. The minimum absolute atomic E-state index is 0.214. The van der Waals surface area contributed by atoms with Crippen LogP contribution in [0.2, 0.25) is 0 Å². The van der Waals surface area contributed by atoms with Gasteiger partial charge in [0.05, 0.1) is 5.41 Å². The van der Waals surface area contributed by atoms with Crippen molar-refractivity contribution in [3.05, 3.63) is 0 Å². The van der Waals surface area contributed by atoms with Crippen LogP contribution in [-0.4, -0.2) is 59.1 Å². The molecule has 0 aliphatic carbocycles. The fourth-order valence-electron chi connectivity index (χ4n) is 2.85. The van der Waals surface area contributed by atoms with Crippen LogP contribution in [0.1, 0.15) is 47.5 Å². The SMILES string of the molecule is CCC(CC)(CN1CCN(C(C)(C)C)CC1)C(=O)O. The Morgan fingerprint density at radius 1 is 1.05 bits per heavy atom. The zero-order chi connectivity index (χ0) is 14.7.